The monoisotopic (exact) mass is 368 g/mol. The molecule has 13 heteroatoms. The van der Waals surface area contributed by atoms with Crippen LogP contribution in [0.2, 0.25) is 0 Å². The van der Waals surface area contributed by atoms with Gasteiger partial charge in [0.05, 0.1) is 25.3 Å². The summed E-state index contributed by atoms with van der Waals surface area (Å²) in [6.07, 6.45) is 20.3. The van der Waals surface area contributed by atoms with E-state index < -0.39 is 9.05 Å². The number of aromatic amines is 4. The second-order valence-electron chi connectivity index (χ2n) is 3.64. The third-order valence-corrected chi connectivity index (χ3v) is 1.62. The molecule has 0 bridgehead atoms. The Bertz CT molecular complexity index is 443. The smallest absolute Gasteiger partial charge is 0.368 e. The minimum Gasteiger partial charge on any atom is -0.368 e. The fourth-order valence-electron chi connectivity index (χ4n) is 0.861. The molecule has 0 fully saturated rings. The van der Waals surface area contributed by atoms with Gasteiger partial charge in [0.15, 0.2) is 0 Å². The lowest BCUT2D eigenvalue weighted by Crippen LogP contribution is -2.33. The van der Waals surface area contributed by atoms with Crippen molar-refractivity contribution in [1.82, 2.24) is 39.9 Å². The average Bonchev–Trinajstić information content (AvgIpc) is 3.46. The number of rotatable bonds is 0. The van der Waals surface area contributed by atoms with E-state index in [0.29, 0.717) is 0 Å². The van der Waals surface area contributed by atoms with E-state index in [-0.39, 0.29) is 0 Å². The highest BCUT2D eigenvalue weighted by Gasteiger charge is 2.22. The van der Waals surface area contributed by atoms with Crippen molar-refractivity contribution in [3.63, 3.8) is 0 Å². The van der Waals surface area contributed by atoms with Crippen molar-refractivity contribution >= 4 is 9.05 Å². The number of nitrogens with zero attached hydrogens (tertiary/aromatic N) is 4. The van der Waals surface area contributed by atoms with Crippen LogP contribution in [0, 0.1) is 0 Å². The first-order valence-electron chi connectivity index (χ1n) is 6.60. The molecule has 0 aliphatic heterocycles. The molecule has 136 valence electrons. The van der Waals surface area contributed by atoms with Gasteiger partial charge >= 0.3 is 9.05 Å². The molecule has 4 aromatic rings. The van der Waals surface area contributed by atoms with Gasteiger partial charge in [0, 0.05) is 49.6 Å². The zero-order valence-corrected chi connectivity index (χ0v) is 14.0. The molecule has 0 amide bonds. The maximum Gasteiger partial charge on any atom is 0.668 e. The lowest BCUT2D eigenvalue weighted by atomic mass is 11.0. The Balaban J connectivity index is 0.000000288. The van der Waals surface area contributed by atoms with Crippen LogP contribution in [0.25, 0.3) is 0 Å². The zero-order valence-electron chi connectivity index (χ0n) is 13.0. The summed E-state index contributed by atoms with van der Waals surface area (Å²) in [5, 5.41) is 0. The zero-order chi connectivity index (χ0) is 18.6. The molecule has 4 heterocycles. The Morgan fingerprint density at radius 3 is 0.720 bits per heavy atom. The molecule has 0 saturated heterocycles. The van der Waals surface area contributed by atoms with E-state index in [1.807, 2.05) is 0 Å². The average molecular weight is 368 g/mol. The highest BCUT2D eigenvalue weighted by molar-refractivity contribution is 6.46. The molecule has 0 radical (unpaired) electrons. The summed E-state index contributed by atoms with van der Waals surface area (Å²) in [5.41, 5.74) is 0. The normalized spacial score (nSPS) is 8.80. The highest BCUT2D eigenvalue weighted by atomic mass is 28.4. The number of imidazole rings is 4. The first-order valence-corrected chi connectivity index (χ1v) is 8.39. The number of H-pyrrole nitrogens is 4. The lowest BCUT2D eigenvalue weighted by molar-refractivity contribution is 0.117. The van der Waals surface area contributed by atoms with Crippen LogP contribution in [-0.4, -0.2) is 68.1 Å². The summed E-state index contributed by atoms with van der Waals surface area (Å²) in [5.74, 6) is 0. The Kier molecular flexibility index (Phi) is 13.8. The molecule has 0 spiro atoms. The van der Waals surface area contributed by atoms with E-state index >= 15 is 0 Å². The fourth-order valence-corrected chi connectivity index (χ4v) is 0.861. The van der Waals surface area contributed by atoms with Crippen LogP contribution in [0.4, 0.5) is 0 Å². The maximum absolute atomic E-state index is 7.33. The van der Waals surface area contributed by atoms with Gasteiger partial charge < -0.3 is 39.1 Å². The first-order chi connectivity index (χ1) is 12.0. The van der Waals surface area contributed by atoms with E-state index in [1.165, 1.54) is 0 Å². The molecule has 4 rings (SSSR count). The van der Waals surface area contributed by atoms with Crippen LogP contribution in [-0.2, 0) is 0 Å². The van der Waals surface area contributed by atoms with E-state index in [2.05, 4.69) is 39.9 Å². The molecule has 4 aromatic heterocycles. The molecule has 0 saturated carbocycles. The minimum absolute atomic E-state index is 1.62. The minimum atomic E-state index is -4.61. The van der Waals surface area contributed by atoms with Gasteiger partial charge in [-0.1, -0.05) is 0 Å². The molecule has 0 unspecified atom stereocenters. The van der Waals surface area contributed by atoms with Gasteiger partial charge in [-0.15, -0.1) is 0 Å². The van der Waals surface area contributed by atoms with E-state index in [0.717, 1.165) is 0 Å². The van der Waals surface area contributed by atoms with Gasteiger partial charge in [-0.3, -0.25) is 0 Å². The molecular formula is C12H20N8O4Si. The van der Waals surface area contributed by atoms with Crippen LogP contribution in [0.15, 0.2) is 74.9 Å². The van der Waals surface area contributed by atoms with E-state index in [9.17, 15) is 0 Å². The SMILES string of the molecule is O[Si](O)(O)O.c1c[nH]cn1.c1c[nH]cn1.c1c[nH]cn1.c1c[nH]cn1. The van der Waals surface area contributed by atoms with Crippen molar-refractivity contribution in [3.05, 3.63) is 74.9 Å². The van der Waals surface area contributed by atoms with Crippen LogP contribution in [0.3, 0.4) is 0 Å². The van der Waals surface area contributed by atoms with Gasteiger partial charge in [-0.2, -0.15) is 0 Å². The lowest BCUT2D eigenvalue weighted by Gasteiger charge is -1.91. The van der Waals surface area contributed by atoms with E-state index in [1.54, 1.807) is 74.9 Å². The summed E-state index contributed by atoms with van der Waals surface area (Å²) in [4.78, 5) is 55.0. The van der Waals surface area contributed by atoms with Gasteiger partial charge in [0.25, 0.3) is 0 Å². The third kappa shape index (κ3) is 26.1. The second-order valence-corrected chi connectivity index (χ2v) is 4.84. The van der Waals surface area contributed by atoms with Crippen LogP contribution >= 0.6 is 0 Å². The number of aromatic nitrogens is 8. The van der Waals surface area contributed by atoms with Crippen molar-refractivity contribution in [2.24, 2.45) is 0 Å². The van der Waals surface area contributed by atoms with Crippen molar-refractivity contribution in [1.29, 1.82) is 0 Å². The van der Waals surface area contributed by atoms with Crippen LogP contribution in [0.1, 0.15) is 0 Å². The van der Waals surface area contributed by atoms with Gasteiger partial charge in [0.2, 0.25) is 0 Å². The Labute approximate surface area is 143 Å². The Morgan fingerprint density at radius 1 is 0.480 bits per heavy atom. The molecule has 0 aliphatic carbocycles. The number of hydrogen-bond donors (Lipinski definition) is 8. The first kappa shape index (κ1) is 21.9. The number of nitrogens with one attached hydrogen (secondary N) is 4. The fraction of sp³-hybridized carbons (Fsp3) is 0. The van der Waals surface area contributed by atoms with Crippen molar-refractivity contribution < 1.29 is 19.2 Å². The van der Waals surface area contributed by atoms with Crippen molar-refractivity contribution in [3.8, 4) is 0 Å². The van der Waals surface area contributed by atoms with Gasteiger partial charge in [-0.25, -0.2) is 19.9 Å². The van der Waals surface area contributed by atoms with Crippen molar-refractivity contribution in [2.75, 3.05) is 0 Å². The van der Waals surface area contributed by atoms with E-state index in [4.69, 9.17) is 19.2 Å². The molecule has 0 atom stereocenters. The summed E-state index contributed by atoms with van der Waals surface area (Å²) in [6.45, 7) is 0. The highest BCUT2D eigenvalue weighted by Crippen LogP contribution is 1.67. The molecule has 25 heavy (non-hydrogen) atoms. The largest absolute Gasteiger partial charge is 0.668 e. The molecule has 12 nitrogen and oxygen atoms in total. The maximum atomic E-state index is 7.33. The Morgan fingerprint density at radius 2 is 0.680 bits per heavy atom. The van der Waals surface area contributed by atoms with Gasteiger partial charge in [-0.05, 0) is 0 Å². The van der Waals surface area contributed by atoms with Crippen molar-refractivity contribution in [2.45, 2.75) is 0 Å². The predicted octanol–water partition coefficient (Wildman–Crippen LogP) is -0.970. The molecule has 0 aromatic carbocycles. The standard InChI is InChI=1S/4C3H4N2.H4O4Si/c4*1-2-5-3-4-1;1-5(2,3)4/h4*1-3H,(H,4,5);1-4H. The number of hydrogen-bond acceptors (Lipinski definition) is 8. The topological polar surface area (TPSA) is 196 Å². The summed E-state index contributed by atoms with van der Waals surface area (Å²) >= 11 is 0. The summed E-state index contributed by atoms with van der Waals surface area (Å²) in [7, 11) is -4.61. The molecule has 0 aliphatic rings. The van der Waals surface area contributed by atoms with Gasteiger partial charge in [0.1, 0.15) is 0 Å². The second kappa shape index (κ2) is 15.8. The Hall–Kier alpha value is -3.10. The molecule has 8 N–H and O–H groups in total. The third-order valence-electron chi connectivity index (χ3n) is 1.62. The van der Waals surface area contributed by atoms with Crippen LogP contribution in [0.5, 0.6) is 0 Å². The quantitative estimate of drug-likeness (QED) is 0.181. The molecular weight excluding hydrogens is 348 g/mol. The van der Waals surface area contributed by atoms with Crippen LogP contribution < -0.4 is 0 Å². The predicted molar refractivity (Wildman–Crippen MR) is 89.0 cm³/mol. The summed E-state index contributed by atoms with van der Waals surface area (Å²) in [6, 6.07) is 0. The summed E-state index contributed by atoms with van der Waals surface area (Å²) < 4.78 is 0.